The van der Waals surface area contributed by atoms with Crippen molar-refractivity contribution in [1.29, 1.82) is 0 Å². The molecule has 0 radical (unpaired) electrons. The van der Waals surface area contributed by atoms with Crippen molar-refractivity contribution in [2.24, 2.45) is 5.41 Å². The van der Waals surface area contributed by atoms with E-state index >= 15 is 0 Å². The number of rotatable bonds is 16. The standard InChI is InChI=1S/C59H98O7P2/c1-26-28-29-59(27-2,37-65-68(61,62)63)51(50-46(57(20,21)22)34-42(54(11,12)13)35-47(50)58(23,24)25)66-67(60)64-36-43(48-38(3)30-40(52(5,6)7)32-44(48)55(14,15)16)49-39(4)31-41(53(8,9)10)33-45(49)56(17,18)19/h30-35,43,51,60H,26-29,36-37H2,1-25H3,(H2,61,62,63). The number of unbranched alkanes of at least 4 members (excludes halogenated alkanes) is 1. The highest BCUT2D eigenvalue weighted by atomic mass is 31.2. The molecule has 3 aromatic carbocycles. The summed E-state index contributed by atoms with van der Waals surface area (Å²) in [6.07, 6.45) is 1.78. The number of benzene rings is 3. The Hall–Kier alpha value is -1.92. The third-order valence-electron chi connectivity index (χ3n) is 14.1. The second-order valence-corrected chi connectivity index (χ2v) is 29.6. The van der Waals surface area contributed by atoms with E-state index in [2.05, 4.69) is 203 Å². The molecule has 0 aliphatic carbocycles. The lowest BCUT2D eigenvalue weighted by molar-refractivity contribution is -0.0245. The van der Waals surface area contributed by atoms with Crippen molar-refractivity contribution in [2.45, 2.75) is 249 Å². The molecule has 3 aromatic rings. The second kappa shape index (κ2) is 21.3. The minimum absolute atomic E-state index is 0.0750. The predicted octanol–water partition coefficient (Wildman–Crippen LogP) is 17.2. The first kappa shape index (κ1) is 60.4. The topological polar surface area (TPSA) is 105 Å². The Morgan fingerprint density at radius 3 is 1.18 bits per heavy atom. The molecule has 0 aliphatic rings. The quantitative estimate of drug-likeness (QED) is 0.123. The Bertz CT molecular complexity index is 2120. The van der Waals surface area contributed by atoms with Gasteiger partial charge in [0.1, 0.15) is 0 Å². The van der Waals surface area contributed by atoms with E-state index in [1.54, 1.807) is 0 Å². The molecule has 68 heavy (non-hydrogen) atoms. The molecular weight excluding hydrogens is 883 g/mol. The van der Waals surface area contributed by atoms with Crippen molar-refractivity contribution in [2.75, 3.05) is 13.2 Å². The predicted molar refractivity (Wildman–Crippen MR) is 291 cm³/mol. The van der Waals surface area contributed by atoms with Crippen molar-refractivity contribution >= 4 is 16.4 Å². The van der Waals surface area contributed by atoms with Crippen LogP contribution in [0.1, 0.15) is 264 Å². The van der Waals surface area contributed by atoms with Crippen LogP contribution in [0.25, 0.3) is 0 Å². The Kier molecular flexibility index (Phi) is 18.9. The minimum atomic E-state index is -4.90. The fraction of sp³-hybridized carbons (Fsp3) is 0.695. The van der Waals surface area contributed by atoms with E-state index in [1.807, 2.05) is 6.92 Å². The highest BCUT2D eigenvalue weighted by Crippen LogP contribution is 2.58. The monoisotopic (exact) mass is 981 g/mol. The van der Waals surface area contributed by atoms with E-state index < -0.39 is 27.9 Å². The molecule has 0 spiro atoms. The van der Waals surface area contributed by atoms with Gasteiger partial charge in [-0.15, -0.1) is 0 Å². The van der Waals surface area contributed by atoms with Gasteiger partial charge in [0, 0.05) is 11.3 Å². The van der Waals surface area contributed by atoms with Crippen molar-refractivity contribution in [3.05, 3.63) is 103 Å². The Balaban J connectivity index is 2.56. The molecule has 0 bridgehead atoms. The summed E-state index contributed by atoms with van der Waals surface area (Å²) in [4.78, 5) is 33.3. The zero-order chi connectivity index (χ0) is 52.8. The molecule has 0 saturated carbocycles. The summed E-state index contributed by atoms with van der Waals surface area (Å²) in [7, 11) is -7.51. The molecule has 7 nitrogen and oxygen atoms in total. The lowest BCUT2D eigenvalue weighted by atomic mass is 9.65. The van der Waals surface area contributed by atoms with Gasteiger partial charge in [0.25, 0.3) is 0 Å². The van der Waals surface area contributed by atoms with Gasteiger partial charge in [0.2, 0.25) is 0 Å². The molecule has 3 unspecified atom stereocenters. The Morgan fingerprint density at radius 1 is 0.544 bits per heavy atom. The lowest BCUT2D eigenvalue weighted by Crippen LogP contribution is -2.38. The molecule has 0 amide bonds. The van der Waals surface area contributed by atoms with Crippen LogP contribution in [0.4, 0.5) is 0 Å². The van der Waals surface area contributed by atoms with E-state index in [9.17, 15) is 19.2 Å². The number of phosphoric ester groups is 1. The van der Waals surface area contributed by atoms with Gasteiger partial charge in [-0.3, -0.25) is 4.52 Å². The van der Waals surface area contributed by atoms with E-state index in [4.69, 9.17) is 13.6 Å². The van der Waals surface area contributed by atoms with Crippen molar-refractivity contribution in [1.82, 2.24) is 0 Å². The average Bonchev–Trinajstić information content (AvgIpc) is 3.14. The fourth-order valence-electron chi connectivity index (χ4n) is 9.76. The van der Waals surface area contributed by atoms with Gasteiger partial charge in [-0.1, -0.05) is 208 Å². The molecule has 0 aromatic heterocycles. The van der Waals surface area contributed by atoms with Crippen LogP contribution in [-0.4, -0.2) is 27.9 Å². The van der Waals surface area contributed by atoms with Crippen molar-refractivity contribution in [3.63, 3.8) is 0 Å². The average molecular weight is 981 g/mol. The summed E-state index contributed by atoms with van der Waals surface area (Å²) in [5.74, 6) is -0.281. The van der Waals surface area contributed by atoms with E-state index in [0.717, 1.165) is 29.5 Å². The molecule has 3 atom stereocenters. The Morgan fingerprint density at radius 2 is 0.882 bits per heavy atom. The van der Waals surface area contributed by atoms with Gasteiger partial charge < -0.3 is 23.7 Å². The number of aryl methyl sites for hydroxylation is 2. The van der Waals surface area contributed by atoms with Crippen LogP contribution in [-0.2, 0) is 56.0 Å². The van der Waals surface area contributed by atoms with Crippen LogP contribution in [0, 0.1) is 19.3 Å². The van der Waals surface area contributed by atoms with E-state index in [-0.39, 0.29) is 57.0 Å². The maximum Gasteiger partial charge on any atom is 0.469 e. The van der Waals surface area contributed by atoms with Gasteiger partial charge in [-0.05, 0) is 131 Å². The second-order valence-electron chi connectivity index (χ2n) is 27.4. The zero-order valence-corrected chi connectivity index (χ0v) is 49.5. The molecule has 3 rings (SSSR count). The lowest BCUT2D eigenvalue weighted by Gasteiger charge is -2.45. The maximum atomic E-state index is 12.7. The first-order valence-corrected chi connectivity index (χ1v) is 28.1. The van der Waals surface area contributed by atoms with Crippen LogP contribution in [0.15, 0.2) is 36.4 Å². The summed E-state index contributed by atoms with van der Waals surface area (Å²) in [5, 5.41) is 0. The summed E-state index contributed by atoms with van der Waals surface area (Å²) < 4.78 is 32.4. The van der Waals surface area contributed by atoms with Crippen LogP contribution in [0.2, 0.25) is 0 Å². The third kappa shape index (κ3) is 15.1. The molecular formula is C59H98O7P2. The minimum Gasteiger partial charge on any atom is -0.328 e. The number of hydrogen-bond donors (Lipinski definition) is 3. The summed E-state index contributed by atoms with van der Waals surface area (Å²) in [6.45, 7) is 55.7. The van der Waals surface area contributed by atoms with Crippen molar-refractivity contribution < 1.29 is 32.8 Å². The van der Waals surface area contributed by atoms with Gasteiger partial charge in [-0.25, -0.2) is 4.57 Å². The van der Waals surface area contributed by atoms with Gasteiger partial charge in [-0.2, -0.15) is 0 Å². The van der Waals surface area contributed by atoms with Crippen LogP contribution < -0.4 is 0 Å². The first-order chi connectivity index (χ1) is 30.4. The van der Waals surface area contributed by atoms with Gasteiger partial charge in [0.05, 0.1) is 19.3 Å². The van der Waals surface area contributed by atoms with Crippen LogP contribution in [0.3, 0.4) is 0 Å². The normalized spacial score (nSPS) is 15.8. The molecule has 0 heterocycles. The fourth-order valence-corrected chi connectivity index (χ4v) is 11.0. The van der Waals surface area contributed by atoms with Crippen LogP contribution >= 0.6 is 16.4 Å². The smallest absolute Gasteiger partial charge is 0.328 e. The Labute approximate surface area is 418 Å². The maximum absolute atomic E-state index is 12.7. The first-order valence-electron chi connectivity index (χ1n) is 25.4. The number of phosphoric acid groups is 1. The highest BCUT2D eigenvalue weighted by molar-refractivity contribution is 7.46. The summed E-state index contributed by atoms with van der Waals surface area (Å²) in [5.41, 5.74) is 11.6. The summed E-state index contributed by atoms with van der Waals surface area (Å²) in [6, 6.07) is 14.1. The van der Waals surface area contributed by atoms with Crippen LogP contribution in [0.5, 0.6) is 0 Å². The number of hydrogen-bond acceptors (Lipinski definition) is 5. The molecule has 0 saturated heterocycles. The van der Waals surface area contributed by atoms with Gasteiger partial charge >= 0.3 is 16.4 Å². The molecule has 0 aliphatic heterocycles. The van der Waals surface area contributed by atoms with E-state index in [0.29, 0.717) is 12.8 Å². The molecule has 3 N–H and O–H groups in total. The van der Waals surface area contributed by atoms with Gasteiger partial charge in [0.15, 0.2) is 0 Å². The SMILES string of the molecule is CCCCC(CC)(COP(=O)(O)O)C(OP(O)OCC(c1c(C)cc(C(C)(C)C)cc1C(C)(C)C)c1c(C)cc(C(C)(C)C)cc1C(C)(C)C)c1c(C(C)(C)C)cc(C(C)(C)C)cc1C(C)(C)C. The zero-order valence-electron chi connectivity index (χ0n) is 47.7. The summed E-state index contributed by atoms with van der Waals surface area (Å²) >= 11 is 0. The molecule has 0 fully saturated rings. The van der Waals surface area contributed by atoms with E-state index in [1.165, 1.54) is 50.1 Å². The highest BCUT2D eigenvalue weighted by Gasteiger charge is 2.47. The van der Waals surface area contributed by atoms with Crippen molar-refractivity contribution in [3.8, 4) is 0 Å². The molecule has 386 valence electrons. The largest absolute Gasteiger partial charge is 0.469 e. The third-order valence-corrected chi connectivity index (χ3v) is 15.3. The molecule has 9 heteroatoms.